The summed E-state index contributed by atoms with van der Waals surface area (Å²) in [6.07, 6.45) is 1.21. The Bertz CT molecular complexity index is 620. The fraction of sp³-hybridized carbons (Fsp3) is 0.222. The average molecular weight is 367 g/mol. The second-order valence-corrected chi connectivity index (χ2v) is 5.87. The first-order chi connectivity index (χ1) is 11.6. The van der Waals surface area contributed by atoms with E-state index in [1.54, 1.807) is 48.5 Å². The number of benzene rings is 2. The van der Waals surface area contributed by atoms with Gasteiger partial charge in [-0.1, -0.05) is 23.2 Å². The molecule has 4 nitrogen and oxygen atoms in total. The second-order valence-electron chi connectivity index (χ2n) is 4.99. The van der Waals surface area contributed by atoms with Crippen LogP contribution >= 0.6 is 23.2 Å². The molecule has 0 fully saturated rings. The number of carbonyl (C=O) groups excluding carboxylic acids is 2. The topological polar surface area (TPSA) is 52.6 Å². The molecule has 0 bridgehead atoms. The fourth-order valence-corrected chi connectivity index (χ4v) is 2.12. The van der Waals surface area contributed by atoms with Gasteiger partial charge < -0.3 is 9.47 Å². The molecular formula is C18H16Cl2O4. The number of ether oxygens (including phenoxy) is 2. The molecule has 0 heterocycles. The Kier molecular flexibility index (Phi) is 7.09. The minimum Gasteiger partial charge on any atom is -0.462 e. The van der Waals surface area contributed by atoms with Gasteiger partial charge in [-0.15, -0.1) is 0 Å². The first-order valence-electron chi connectivity index (χ1n) is 7.41. The maximum atomic E-state index is 11.7. The van der Waals surface area contributed by atoms with Crippen LogP contribution in [0.3, 0.4) is 0 Å². The summed E-state index contributed by atoms with van der Waals surface area (Å²) in [5, 5.41) is 1.13. The van der Waals surface area contributed by atoms with E-state index < -0.39 is 11.9 Å². The minimum atomic E-state index is -0.398. The molecular weight excluding hydrogens is 351 g/mol. The van der Waals surface area contributed by atoms with Gasteiger partial charge in [-0.05, 0) is 61.4 Å². The van der Waals surface area contributed by atoms with E-state index in [0.29, 0.717) is 34.0 Å². The maximum absolute atomic E-state index is 11.7. The standard InChI is InChI=1S/C18H16Cl2O4/c19-15-7-3-13(4-8-15)17(21)23-11-1-2-12-24-18(22)14-5-9-16(20)10-6-14/h3-10H,1-2,11-12H2. The molecule has 0 aliphatic rings. The Hall–Kier alpha value is -2.04. The summed E-state index contributed by atoms with van der Waals surface area (Å²) in [4.78, 5) is 23.5. The van der Waals surface area contributed by atoms with Crippen molar-refractivity contribution < 1.29 is 19.1 Å². The molecule has 0 saturated carbocycles. The van der Waals surface area contributed by atoms with Crippen LogP contribution in [0.25, 0.3) is 0 Å². The molecule has 0 amide bonds. The molecule has 0 radical (unpaired) electrons. The molecule has 0 atom stereocenters. The summed E-state index contributed by atoms with van der Waals surface area (Å²) in [5.41, 5.74) is 0.905. The number of unbranched alkanes of at least 4 members (excludes halogenated alkanes) is 1. The van der Waals surface area contributed by atoms with Crippen LogP contribution in [0, 0.1) is 0 Å². The van der Waals surface area contributed by atoms with Gasteiger partial charge in [0.1, 0.15) is 0 Å². The number of carbonyl (C=O) groups is 2. The van der Waals surface area contributed by atoms with Gasteiger partial charge in [0.25, 0.3) is 0 Å². The monoisotopic (exact) mass is 366 g/mol. The Morgan fingerprint density at radius 1 is 0.667 bits per heavy atom. The maximum Gasteiger partial charge on any atom is 0.338 e. The van der Waals surface area contributed by atoms with E-state index in [2.05, 4.69) is 0 Å². The van der Waals surface area contributed by atoms with Crippen molar-refractivity contribution in [2.45, 2.75) is 12.8 Å². The third-order valence-electron chi connectivity index (χ3n) is 3.16. The van der Waals surface area contributed by atoms with E-state index in [1.807, 2.05) is 0 Å². The van der Waals surface area contributed by atoms with Crippen LogP contribution in [-0.2, 0) is 9.47 Å². The van der Waals surface area contributed by atoms with Crippen molar-refractivity contribution in [3.8, 4) is 0 Å². The molecule has 0 aliphatic carbocycles. The fourth-order valence-electron chi connectivity index (χ4n) is 1.87. The van der Waals surface area contributed by atoms with E-state index in [4.69, 9.17) is 32.7 Å². The van der Waals surface area contributed by atoms with Crippen molar-refractivity contribution >= 4 is 35.1 Å². The minimum absolute atomic E-state index is 0.264. The van der Waals surface area contributed by atoms with Crippen molar-refractivity contribution in [2.75, 3.05) is 13.2 Å². The van der Waals surface area contributed by atoms with E-state index in [1.165, 1.54) is 0 Å². The van der Waals surface area contributed by atoms with Gasteiger partial charge in [0.2, 0.25) is 0 Å². The quantitative estimate of drug-likeness (QED) is 0.522. The molecule has 0 saturated heterocycles. The lowest BCUT2D eigenvalue weighted by Crippen LogP contribution is -2.09. The zero-order chi connectivity index (χ0) is 17.4. The predicted octanol–water partition coefficient (Wildman–Crippen LogP) is 4.79. The van der Waals surface area contributed by atoms with E-state index >= 15 is 0 Å². The smallest absolute Gasteiger partial charge is 0.338 e. The Labute approximate surface area is 150 Å². The number of hydrogen-bond donors (Lipinski definition) is 0. The van der Waals surface area contributed by atoms with Crippen LogP contribution in [0.5, 0.6) is 0 Å². The summed E-state index contributed by atoms with van der Waals surface area (Å²) in [6.45, 7) is 0.528. The van der Waals surface area contributed by atoms with Crippen LogP contribution in [0.15, 0.2) is 48.5 Å². The molecule has 0 N–H and O–H groups in total. The highest BCUT2D eigenvalue weighted by Gasteiger charge is 2.08. The van der Waals surface area contributed by atoms with Crippen LogP contribution in [0.1, 0.15) is 33.6 Å². The molecule has 0 unspecified atom stereocenters. The van der Waals surface area contributed by atoms with Crippen LogP contribution in [0.4, 0.5) is 0 Å². The summed E-state index contributed by atoms with van der Waals surface area (Å²) >= 11 is 11.5. The Balaban J connectivity index is 1.61. The second kappa shape index (κ2) is 9.30. The molecule has 0 aliphatic heterocycles. The van der Waals surface area contributed by atoms with Gasteiger partial charge in [-0.3, -0.25) is 0 Å². The van der Waals surface area contributed by atoms with Gasteiger partial charge in [0, 0.05) is 10.0 Å². The average Bonchev–Trinajstić information content (AvgIpc) is 2.58. The van der Waals surface area contributed by atoms with Gasteiger partial charge in [0.15, 0.2) is 0 Å². The molecule has 2 rings (SSSR count). The van der Waals surface area contributed by atoms with Crippen molar-refractivity contribution in [3.05, 3.63) is 69.7 Å². The lowest BCUT2D eigenvalue weighted by molar-refractivity contribution is 0.0432. The van der Waals surface area contributed by atoms with Gasteiger partial charge in [-0.25, -0.2) is 9.59 Å². The first kappa shape index (κ1) is 18.3. The largest absolute Gasteiger partial charge is 0.462 e. The van der Waals surface area contributed by atoms with Crippen molar-refractivity contribution in [3.63, 3.8) is 0 Å². The third-order valence-corrected chi connectivity index (χ3v) is 3.67. The van der Waals surface area contributed by atoms with Crippen LogP contribution in [0.2, 0.25) is 10.0 Å². The van der Waals surface area contributed by atoms with Crippen molar-refractivity contribution in [2.24, 2.45) is 0 Å². The molecule has 0 aromatic heterocycles. The van der Waals surface area contributed by atoms with Crippen LogP contribution in [-0.4, -0.2) is 25.2 Å². The molecule has 2 aromatic carbocycles. The van der Waals surface area contributed by atoms with Crippen molar-refractivity contribution in [1.29, 1.82) is 0 Å². The summed E-state index contributed by atoms with van der Waals surface area (Å²) in [7, 11) is 0. The lowest BCUT2D eigenvalue weighted by Gasteiger charge is -2.06. The van der Waals surface area contributed by atoms with Crippen molar-refractivity contribution in [1.82, 2.24) is 0 Å². The van der Waals surface area contributed by atoms with Gasteiger partial charge >= 0.3 is 11.9 Å². The molecule has 6 heteroatoms. The highest BCUT2D eigenvalue weighted by atomic mass is 35.5. The zero-order valence-corrected chi connectivity index (χ0v) is 14.3. The Morgan fingerprint density at radius 3 is 1.33 bits per heavy atom. The summed E-state index contributed by atoms with van der Waals surface area (Å²) in [6, 6.07) is 13.0. The highest BCUT2D eigenvalue weighted by molar-refractivity contribution is 6.30. The Morgan fingerprint density at radius 2 is 1.00 bits per heavy atom. The van der Waals surface area contributed by atoms with E-state index in [0.717, 1.165) is 0 Å². The molecule has 126 valence electrons. The molecule has 2 aromatic rings. The first-order valence-corrected chi connectivity index (χ1v) is 8.17. The highest BCUT2D eigenvalue weighted by Crippen LogP contribution is 2.12. The number of halogens is 2. The lowest BCUT2D eigenvalue weighted by atomic mass is 10.2. The predicted molar refractivity (Wildman–Crippen MR) is 92.7 cm³/mol. The van der Waals surface area contributed by atoms with Gasteiger partial charge in [0.05, 0.1) is 24.3 Å². The number of hydrogen-bond acceptors (Lipinski definition) is 4. The SMILES string of the molecule is O=C(OCCCCOC(=O)c1ccc(Cl)cc1)c1ccc(Cl)cc1. The van der Waals surface area contributed by atoms with E-state index in [9.17, 15) is 9.59 Å². The summed E-state index contributed by atoms with van der Waals surface area (Å²) < 4.78 is 10.3. The normalized spacial score (nSPS) is 10.2. The van der Waals surface area contributed by atoms with Crippen LogP contribution < -0.4 is 0 Å². The van der Waals surface area contributed by atoms with E-state index in [-0.39, 0.29) is 13.2 Å². The summed E-state index contributed by atoms with van der Waals surface area (Å²) in [5.74, 6) is -0.797. The zero-order valence-electron chi connectivity index (χ0n) is 12.8. The number of esters is 2. The molecule has 24 heavy (non-hydrogen) atoms. The molecule has 0 spiro atoms. The third kappa shape index (κ3) is 5.87. The number of rotatable bonds is 7. The van der Waals surface area contributed by atoms with Gasteiger partial charge in [-0.2, -0.15) is 0 Å².